The second kappa shape index (κ2) is 6.07. The highest BCUT2D eigenvalue weighted by atomic mass is 35.5. The van der Waals surface area contributed by atoms with Crippen molar-refractivity contribution < 1.29 is 9.21 Å². The summed E-state index contributed by atoms with van der Waals surface area (Å²) in [5, 5.41) is 0. The van der Waals surface area contributed by atoms with Gasteiger partial charge in [0.1, 0.15) is 12.0 Å². The zero-order chi connectivity index (χ0) is 11.5. The molecule has 1 amide bonds. The zero-order valence-electron chi connectivity index (χ0n) is 10.0. The second-order valence-corrected chi connectivity index (χ2v) is 4.35. The van der Waals surface area contributed by atoms with Crippen LogP contribution in [0.1, 0.15) is 42.3 Å². The third-order valence-corrected chi connectivity index (χ3v) is 3.17. The lowest BCUT2D eigenvalue weighted by molar-refractivity contribution is 0.0635. The number of hydrogen-bond acceptors (Lipinski definition) is 3. The smallest absolute Gasteiger partial charge is 0.257 e. The summed E-state index contributed by atoms with van der Waals surface area (Å²) in [7, 11) is 0. The topological polar surface area (TPSA) is 59.5 Å². The molecular formula is C12H19ClN2O2. The quantitative estimate of drug-likeness (QED) is 0.885. The molecule has 0 radical (unpaired) electrons. The van der Waals surface area contributed by atoms with Gasteiger partial charge in [-0.1, -0.05) is 0 Å². The molecule has 1 fully saturated rings. The highest BCUT2D eigenvalue weighted by Gasteiger charge is 2.25. The molecule has 0 saturated carbocycles. The Hall–Kier alpha value is -1.00. The van der Waals surface area contributed by atoms with E-state index in [4.69, 9.17) is 10.2 Å². The Morgan fingerprint density at radius 3 is 2.94 bits per heavy atom. The van der Waals surface area contributed by atoms with Gasteiger partial charge in [-0.15, -0.1) is 12.4 Å². The second-order valence-electron chi connectivity index (χ2n) is 4.35. The summed E-state index contributed by atoms with van der Waals surface area (Å²) in [4.78, 5) is 14.1. The molecule has 0 bridgehead atoms. The summed E-state index contributed by atoms with van der Waals surface area (Å²) in [6.45, 7) is 3.28. The standard InChI is InChI=1S/C12H18N2O2.ClH/c1-9-4-2-3-5-14(9)12(15)10-6-11(7-13)16-8-10;/h6,8-9H,2-5,7,13H2,1H3;1H. The maximum Gasteiger partial charge on any atom is 0.257 e. The maximum absolute atomic E-state index is 12.2. The summed E-state index contributed by atoms with van der Waals surface area (Å²) < 4.78 is 5.19. The fourth-order valence-corrected chi connectivity index (χ4v) is 2.17. The normalized spacial score (nSPS) is 19.9. The van der Waals surface area contributed by atoms with Crippen LogP contribution in [0.2, 0.25) is 0 Å². The highest BCUT2D eigenvalue weighted by Crippen LogP contribution is 2.20. The van der Waals surface area contributed by atoms with E-state index in [1.54, 1.807) is 6.07 Å². The fourth-order valence-electron chi connectivity index (χ4n) is 2.17. The van der Waals surface area contributed by atoms with E-state index in [9.17, 15) is 4.79 Å². The Kier molecular flexibility index (Phi) is 5.02. The van der Waals surface area contributed by atoms with Gasteiger partial charge in [-0.25, -0.2) is 0 Å². The van der Waals surface area contributed by atoms with Crippen molar-refractivity contribution in [3.05, 3.63) is 23.7 Å². The van der Waals surface area contributed by atoms with Crippen LogP contribution in [0.25, 0.3) is 0 Å². The van der Waals surface area contributed by atoms with Crippen molar-refractivity contribution in [2.45, 2.75) is 38.8 Å². The number of likely N-dealkylation sites (tertiary alicyclic amines) is 1. The van der Waals surface area contributed by atoms with Gasteiger partial charge < -0.3 is 15.1 Å². The Bertz CT molecular complexity index is 378. The number of nitrogens with zero attached hydrogens (tertiary/aromatic N) is 1. The van der Waals surface area contributed by atoms with E-state index < -0.39 is 0 Å². The number of amides is 1. The minimum atomic E-state index is 0. The van der Waals surface area contributed by atoms with Gasteiger partial charge >= 0.3 is 0 Å². The van der Waals surface area contributed by atoms with Crippen molar-refractivity contribution in [3.63, 3.8) is 0 Å². The van der Waals surface area contributed by atoms with E-state index in [2.05, 4.69) is 6.92 Å². The first-order valence-corrected chi connectivity index (χ1v) is 5.81. The van der Waals surface area contributed by atoms with Gasteiger partial charge in [0.15, 0.2) is 0 Å². The Balaban J connectivity index is 0.00000144. The first-order chi connectivity index (χ1) is 7.72. The summed E-state index contributed by atoms with van der Waals surface area (Å²) in [5.74, 6) is 0.726. The van der Waals surface area contributed by atoms with Crippen LogP contribution in [0.4, 0.5) is 0 Å². The van der Waals surface area contributed by atoms with Crippen LogP contribution in [-0.4, -0.2) is 23.4 Å². The SMILES string of the molecule is CC1CCCCN1C(=O)c1coc(CN)c1.Cl. The van der Waals surface area contributed by atoms with Crippen LogP contribution in [0.5, 0.6) is 0 Å². The molecule has 5 heteroatoms. The number of hydrogen-bond donors (Lipinski definition) is 1. The monoisotopic (exact) mass is 258 g/mol. The van der Waals surface area contributed by atoms with Crippen LogP contribution in [-0.2, 0) is 6.54 Å². The summed E-state index contributed by atoms with van der Waals surface area (Å²) >= 11 is 0. The van der Waals surface area contributed by atoms with Crippen molar-refractivity contribution in [1.82, 2.24) is 4.90 Å². The minimum Gasteiger partial charge on any atom is -0.467 e. The molecule has 2 heterocycles. The van der Waals surface area contributed by atoms with E-state index in [1.165, 1.54) is 12.7 Å². The van der Waals surface area contributed by atoms with E-state index in [1.807, 2.05) is 4.90 Å². The van der Waals surface area contributed by atoms with E-state index in [-0.39, 0.29) is 18.3 Å². The van der Waals surface area contributed by atoms with Gasteiger partial charge in [-0.05, 0) is 32.3 Å². The molecule has 1 saturated heterocycles. The molecule has 0 spiro atoms. The lowest BCUT2D eigenvalue weighted by atomic mass is 10.0. The van der Waals surface area contributed by atoms with Gasteiger partial charge in [0, 0.05) is 12.6 Å². The predicted molar refractivity (Wildman–Crippen MR) is 68.2 cm³/mol. The number of carbonyl (C=O) groups is 1. The van der Waals surface area contributed by atoms with E-state index >= 15 is 0 Å². The van der Waals surface area contributed by atoms with Crippen LogP contribution in [0.15, 0.2) is 16.7 Å². The molecule has 2 rings (SSSR count). The first-order valence-electron chi connectivity index (χ1n) is 5.81. The van der Waals surface area contributed by atoms with Gasteiger partial charge in [-0.3, -0.25) is 4.79 Å². The zero-order valence-corrected chi connectivity index (χ0v) is 10.8. The van der Waals surface area contributed by atoms with Crippen molar-refractivity contribution in [2.24, 2.45) is 5.73 Å². The fraction of sp³-hybridized carbons (Fsp3) is 0.583. The van der Waals surface area contributed by atoms with Crippen LogP contribution >= 0.6 is 12.4 Å². The molecule has 4 nitrogen and oxygen atoms in total. The number of halogens is 1. The molecule has 1 aromatic heterocycles. The molecule has 17 heavy (non-hydrogen) atoms. The van der Waals surface area contributed by atoms with E-state index in [0.717, 1.165) is 19.4 Å². The molecule has 1 unspecified atom stereocenters. The molecular weight excluding hydrogens is 240 g/mol. The number of piperidine rings is 1. The van der Waals surface area contributed by atoms with Crippen LogP contribution in [0.3, 0.4) is 0 Å². The maximum atomic E-state index is 12.2. The predicted octanol–water partition coefficient (Wildman–Crippen LogP) is 2.17. The van der Waals surface area contributed by atoms with E-state index in [0.29, 0.717) is 23.9 Å². The van der Waals surface area contributed by atoms with Crippen molar-refractivity contribution in [2.75, 3.05) is 6.54 Å². The van der Waals surface area contributed by atoms with Gasteiger partial charge in [-0.2, -0.15) is 0 Å². The van der Waals surface area contributed by atoms with Crippen molar-refractivity contribution >= 4 is 18.3 Å². The summed E-state index contributed by atoms with van der Waals surface area (Å²) in [5.41, 5.74) is 6.07. The Labute approximate surface area is 108 Å². The average Bonchev–Trinajstić information content (AvgIpc) is 2.77. The van der Waals surface area contributed by atoms with Gasteiger partial charge in [0.05, 0.1) is 12.1 Å². The number of carbonyl (C=O) groups excluding carboxylic acids is 1. The molecule has 0 aromatic carbocycles. The Morgan fingerprint density at radius 1 is 1.59 bits per heavy atom. The van der Waals surface area contributed by atoms with Crippen LogP contribution < -0.4 is 5.73 Å². The lowest BCUT2D eigenvalue weighted by Gasteiger charge is -2.33. The first kappa shape index (κ1) is 14.1. The van der Waals surface area contributed by atoms with Crippen LogP contribution in [0, 0.1) is 0 Å². The molecule has 1 aliphatic rings. The molecule has 2 N–H and O–H groups in total. The Morgan fingerprint density at radius 2 is 2.35 bits per heavy atom. The third-order valence-electron chi connectivity index (χ3n) is 3.17. The summed E-state index contributed by atoms with van der Waals surface area (Å²) in [6.07, 6.45) is 4.90. The number of nitrogens with two attached hydrogens (primary N) is 1. The molecule has 1 aromatic rings. The highest BCUT2D eigenvalue weighted by molar-refractivity contribution is 5.94. The molecule has 0 aliphatic carbocycles. The number of furan rings is 1. The minimum absolute atomic E-state index is 0. The molecule has 1 aliphatic heterocycles. The van der Waals surface area contributed by atoms with Gasteiger partial charge in [0.25, 0.3) is 5.91 Å². The lowest BCUT2D eigenvalue weighted by Crippen LogP contribution is -2.41. The number of rotatable bonds is 2. The molecule has 96 valence electrons. The van der Waals surface area contributed by atoms with Gasteiger partial charge in [0.2, 0.25) is 0 Å². The largest absolute Gasteiger partial charge is 0.467 e. The average molecular weight is 259 g/mol. The summed E-state index contributed by atoms with van der Waals surface area (Å²) in [6, 6.07) is 2.07. The van der Waals surface area contributed by atoms with Crippen molar-refractivity contribution in [3.8, 4) is 0 Å². The molecule has 1 atom stereocenters. The van der Waals surface area contributed by atoms with Crippen molar-refractivity contribution in [1.29, 1.82) is 0 Å². The third kappa shape index (κ3) is 3.01.